The molecule has 0 saturated carbocycles. The fourth-order valence-corrected chi connectivity index (χ4v) is 2.14. The molecule has 0 saturated heterocycles. The lowest BCUT2D eigenvalue weighted by atomic mass is 10.1. The summed E-state index contributed by atoms with van der Waals surface area (Å²) < 4.78 is 36.8. The van der Waals surface area contributed by atoms with Gasteiger partial charge in [-0.25, -0.2) is 0 Å². The van der Waals surface area contributed by atoms with E-state index in [9.17, 15) is 13.2 Å². The topological polar surface area (TPSA) is 3.24 Å². The molecule has 0 aromatic heterocycles. The Morgan fingerprint density at radius 1 is 0.684 bits per heavy atom. The summed E-state index contributed by atoms with van der Waals surface area (Å²) in [6, 6.07) is 0. The fraction of sp³-hybridized carbons (Fsp3) is 1.00. The van der Waals surface area contributed by atoms with Crippen LogP contribution in [0.1, 0.15) is 71.6 Å². The molecule has 0 N–H and O–H groups in total. The van der Waals surface area contributed by atoms with Crippen LogP contribution in [0.2, 0.25) is 0 Å². The van der Waals surface area contributed by atoms with Gasteiger partial charge in [0.2, 0.25) is 0 Å². The van der Waals surface area contributed by atoms with E-state index in [2.05, 4.69) is 13.8 Å². The second kappa shape index (κ2) is 11.6. The zero-order valence-corrected chi connectivity index (χ0v) is 12.6. The van der Waals surface area contributed by atoms with Crippen molar-refractivity contribution >= 4 is 0 Å². The van der Waals surface area contributed by atoms with Crippen LogP contribution in [0.4, 0.5) is 13.2 Å². The highest BCUT2D eigenvalue weighted by atomic mass is 19.4. The minimum atomic E-state index is -4.02. The predicted molar refractivity (Wildman–Crippen MR) is 75.4 cm³/mol. The van der Waals surface area contributed by atoms with Crippen LogP contribution in [-0.2, 0) is 0 Å². The van der Waals surface area contributed by atoms with Gasteiger partial charge in [0.1, 0.15) is 0 Å². The summed E-state index contributed by atoms with van der Waals surface area (Å²) in [5.74, 6) is 0. The number of hydrogen-bond acceptors (Lipinski definition) is 1. The largest absolute Gasteiger partial charge is 0.390 e. The molecule has 0 rings (SSSR count). The molecular formula is C15H30F3N. The molecule has 116 valence electrons. The minimum Gasteiger partial charge on any atom is -0.303 e. The first-order chi connectivity index (χ1) is 8.99. The van der Waals surface area contributed by atoms with E-state index in [1.54, 1.807) is 0 Å². The van der Waals surface area contributed by atoms with E-state index < -0.39 is 12.6 Å². The van der Waals surface area contributed by atoms with E-state index in [1.807, 2.05) is 4.90 Å². The molecule has 0 aromatic carbocycles. The maximum Gasteiger partial charge on any atom is 0.390 e. The summed E-state index contributed by atoms with van der Waals surface area (Å²) in [6.45, 7) is 6.10. The van der Waals surface area contributed by atoms with E-state index >= 15 is 0 Å². The van der Waals surface area contributed by atoms with Gasteiger partial charge in [-0.1, -0.05) is 52.4 Å². The van der Waals surface area contributed by atoms with Crippen molar-refractivity contribution in [2.75, 3.05) is 19.6 Å². The highest BCUT2D eigenvalue weighted by Crippen LogP contribution is 2.20. The van der Waals surface area contributed by atoms with Gasteiger partial charge in [-0.15, -0.1) is 0 Å². The molecule has 0 radical (unpaired) electrons. The molecule has 0 aromatic rings. The third kappa shape index (κ3) is 14.0. The van der Waals surface area contributed by atoms with Crippen LogP contribution in [0.25, 0.3) is 0 Å². The van der Waals surface area contributed by atoms with E-state index in [-0.39, 0.29) is 6.54 Å². The van der Waals surface area contributed by atoms with Crippen LogP contribution in [0, 0.1) is 0 Å². The lowest BCUT2D eigenvalue weighted by Gasteiger charge is -2.23. The molecular weight excluding hydrogens is 251 g/mol. The predicted octanol–water partition coefficient (Wildman–Crippen LogP) is 5.40. The average Bonchev–Trinajstić information content (AvgIpc) is 2.34. The van der Waals surface area contributed by atoms with Gasteiger partial charge in [-0.05, 0) is 25.9 Å². The third-order valence-corrected chi connectivity index (χ3v) is 3.37. The van der Waals surface area contributed by atoms with Crippen LogP contribution in [0.15, 0.2) is 0 Å². The SMILES string of the molecule is CCCCCCN(CCCCCC)CCC(F)(F)F. The Hall–Kier alpha value is -0.250. The third-order valence-electron chi connectivity index (χ3n) is 3.37. The number of alkyl halides is 3. The van der Waals surface area contributed by atoms with Crippen LogP contribution in [0.5, 0.6) is 0 Å². The van der Waals surface area contributed by atoms with Gasteiger partial charge in [0, 0.05) is 6.54 Å². The van der Waals surface area contributed by atoms with Crippen molar-refractivity contribution in [3.05, 3.63) is 0 Å². The normalized spacial score (nSPS) is 12.3. The van der Waals surface area contributed by atoms with Gasteiger partial charge in [0.05, 0.1) is 6.42 Å². The zero-order chi connectivity index (χ0) is 14.6. The van der Waals surface area contributed by atoms with E-state index in [4.69, 9.17) is 0 Å². The molecule has 0 atom stereocenters. The standard InChI is InChI=1S/C15H30F3N/c1-3-5-7-9-12-19(13-10-8-6-4-2)14-11-15(16,17)18/h3-14H2,1-2H3. The molecule has 0 bridgehead atoms. The number of unbranched alkanes of at least 4 members (excludes halogenated alkanes) is 6. The molecule has 0 aliphatic carbocycles. The molecule has 19 heavy (non-hydrogen) atoms. The molecule has 0 unspecified atom stereocenters. The quantitative estimate of drug-likeness (QED) is 0.433. The van der Waals surface area contributed by atoms with Crippen molar-refractivity contribution in [3.63, 3.8) is 0 Å². The Labute approximate surface area is 116 Å². The van der Waals surface area contributed by atoms with Crippen LogP contribution < -0.4 is 0 Å². The Bertz CT molecular complexity index is 180. The molecule has 0 fully saturated rings. The van der Waals surface area contributed by atoms with Crippen molar-refractivity contribution in [1.82, 2.24) is 4.90 Å². The van der Waals surface area contributed by atoms with Crippen molar-refractivity contribution in [3.8, 4) is 0 Å². The summed E-state index contributed by atoms with van der Waals surface area (Å²) in [5, 5.41) is 0. The smallest absolute Gasteiger partial charge is 0.303 e. The summed E-state index contributed by atoms with van der Waals surface area (Å²) >= 11 is 0. The summed E-state index contributed by atoms with van der Waals surface area (Å²) in [5.41, 5.74) is 0. The van der Waals surface area contributed by atoms with Crippen molar-refractivity contribution in [2.45, 2.75) is 77.8 Å². The maximum absolute atomic E-state index is 12.3. The second-order valence-corrected chi connectivity index (χ2v) is 5.33. The average molecular weight is 281 g/mol. The van der Waals surface area contributed by atoms with Gasteiger partial charge < -0.3 is 4.90 Å². The van der Waals surface area contributed by atoms with E-state index in [0.29, 0.717) is 0 Å². The molecule has 1 nitrogen and oxygen atoms in total. The Morgan fingerprint density at radius 2 is 1.16 bits per heavy atom. The van der Waals surface area contributed by atoms with E-state index in [1.165, 1.54) is 25.7 Å². The van der Waals surface area contributed by atoms with Gasteiger partial charge >= 0.3 is 6.18 Å². The summed E-state index contributed by atoms with van der Waals surface area (Å²) in [6.07, 6.45) is 4.32. The fourth-order valence-electron chi connectivity index (χ4n) is 2.14. The molecule has 0 aliphatic heterocycles. The van der Waals surface area contributed by atoms with Gasteiger partial charge in [-0.3, -0.25) is 0 Å². The van der Waals surface area contributed by atoms with Gasteiger partial charge in [-0.2, -0.15) is 13.2 Å². The molecule has 0 aliphatic rings. The van der Waals surface area contributed by atoms with Crippen molar-refractivity contribution in [1.29, 1.82) is 0 Å². The Morgan fingerprint density at radius 3 is 1.53 bits per heavy atom. The van der Waals surface area contributed by atoms with Gasteiger partial charge in [0.15, 0.2) is 0 Å². The molecule has 4 heteroatoms. The maximum atomic E-state index is 12.3. The first-order valence-electron chi connectivity index (χ1n) is 7.78. The lowest BCUT2D eigenvalue weighted by molar-refractivity contribution is -0.138. The minimum absolute atomic E-state index is 0.168. The van der Waals surface area contributed by atoms with Gasteiger partial charge in [0.25, 0.3) is 0 Å². The molecule has 0 spiro atoms. The number of rotatable bonds is 12. The Balaban J connectivity index is 3.85. The summed E-state index contributed by atoms with van der Waals surface area (Å²) in [4.78, 5) is 2.00. The van der Waals surface area contributed by atoms with Crippen molar-refractivity contribution in [2.24, 2.45) is 0 Å². The van der Waals surface area contributed by atoms with Crippen LogP contribution in [-0.4, -0.2) is 30.7 Å². The van der Waals surface area contributed by atoms with Crippen molar-refractivity contribution < 1.29 is 13.2 Å². The number of halogens is 3. The monoisotopic (exact) mass is 281 g/mol. The first kappa shape index (κ1) is 18.8. The molecule has 0 heterocycles. The highest BCUT2D eigenvalue weighted by molar-refractivity contribution is 4.62. The molecule has 0 amide bonds. The zero-order valence-electron chi connectivity index (χ0n) is 12.6. The van der Waals surface area contributed by atoms with E-state index in [0.717, 1.165) is 38.8 Å². The summed E-state index contributed by atoms with van der Waals surface area (Å²) in [7, 11) is 0. The lowest BCUT2D eigenvalue weighted by Crippen LogP contribution is -2.30. The van der Waals surface area contributed by atoms with Crippen LogP contribution in [0.3, 0.4) is 0 Å². The first-order valence-corrected chi connectivity index (χ1v) is 7.78. The van der Waals surface area contributed by atoms with Crippen LogP contribution >= 0.6 is 0 Å². The number of hydrogen-bond donors (Lipinski definition) is 0. The highest BCUT2D eigenvalue weighted by Gasteiger charge is 2.27. The number of nitrogens with zero attached hydrogens (tertiary/aromatic N) is 1. The second-order valence-electron chi connectivity index (χ2n) is 5.33. The Kier molecular flexibility index (Phi) is 11.4.